The third-order valence-electron chi connectivity index (χ3n) is 3.55. The van der Waals surface area contributed by atoms with Gasteiger partial charge in [0.15, 0.2) is 0 Å². The summed E-state index contributed by atoms with van der Waals surface area (Å²) in [6.45, 7) is 0.721. The number of carbonyl (C=O) groups is 1. The number of nitrogens with two attached hydrogens (primary N) is 1. The van der Waals surface area contributed by atoms with Crippen LogP contribution in [0.5, 0.6) is 0 Å². The Kier molecular flexibility index (Phi) is 3.14. The Morgan fingerprint density at radius 2 is 2.42 bits per heavy atom. The second-order valence-corrected chi connectivity index (χ2v) is 7.11. The standard InChI is InChI=1S/C13H15N3OS2/c1-18-13(3-4-13)7-16-12(17)11-10(14)8-2-5-15-6-9(8)19-11/h2,5-6H,3-4,7,14H2,1H3,(H,16,17). The fourth-order valence-corrected chi connectivity index (χ4v) is 3.79. The fraction of sp³-hybridized carbons (Fsp3) is 0.385. The lowest BCUT2D eigenvalue weighted by atomic mass is 10.2. The molecule has 0 spiro atoms. The van der Waals surface area contributed by atoms with Crippen molar-refractivity contribution >= 4 is 44.8 Å². The van der Waals surface area contributed by atoms with E-state index in [1.54, 1.807) is 12.4 Å². The molecule has 0 unspecified atom stereocenters. The number of nitrogens with zero attached hydrogens (tertiary/aromatic N) is 1. The maximum Gasteiger partial charge on any atom is 0.263 e. The lowest BCUT2D eigenvalue weighted by molar-refractivity contribution is 0.0958. The van der Waals surface area contributed by atoms with E-state index in [0.717, 1.165) is 16.6 Å². The highest BCUT2D eigenvalue weighted by atomic mass is 32.2. The van der Waals surface area contributed by atoms with Crippen LogP contribution in [0, 0.1) is 0 Å². The van der Waals surface area contributed by atoms with Crippen molar-refractivity contribution in [2.24, 2.45) is 0 Å². The molecule has 4 nitrogen and oxygen atoms in total. The number of hydrogen-bond acceptors (Lipinski definition) is 5. The van der Waals surface area contributed by atoms with E-state index in [-0.39, 0.29) is 10.7 Å². The van der Waals surface area contributed by atoms with E-state index < -0.39 is 0 Å². The van der Waals surface area contributed by atoms with Gasteiger partial charge in [0.25, 0.3) is 5.91 Å². The highest BCUT2D eigenvalue weighted by Gasteiger charge is 2.42. The van der Waals surface area contributed by atoms with Crippen LogP contribution in [0.1, 0.15) is 22.5 Å². The average Bonchev–Trinajstić information content (AvgIpc) is 3.15. The van der Waals surface area contributed by atoms with E-state index in [9.17, 15) is 4.79 Å². The molecule has 0 aliphatic heterocycles. The van der Waals surface area contributed by atoms with Crippen molar-refractivity contribution in [1.82, 2.24) is 10.3 Å². The SMILES string of the molecule is CSC1(CNC(=O)c2sc3cnccc3c2N)CC1. The van der Waals surface area contributed by atoms with Gasteiger partial charge in [-0.15, -0.1) is 11.3 Å². The van der Waals surface area contributed by atoms with Gasteiger partial charge >= 0.3 is 0 Å². The van der Waals surface area contributed by atoms with Crippen molar-refractivity contribution < 1.29 is 4.79 Å². The summed E-state index contributed by atoms with van der Waals surface area (Å²) in [4.78, 5) is 16.9. The number of pyridine rings is 1. The van der Waals surface area contributed by atoms with Gasteiger partial charge in [-0.2, -0.15) is 11.8 Å². The summed E-state index contributed by atoms with van der Waals surface area (Å²) in [5, 5.41) is 3.92. The number of anilines is 1. The van der Waals surface area contributed by atoms with Gasteiger partial charge in [0.05, 0.1) is 10.4 Å². The van der Waals surface area contributed by atoms with Crippen LogP contribution < -0.4 is 11.1 Å². The molecule has 2 aromatic heterocycles. The molecule has 100 valence electrons. The summed E-state index contributed by atoms with van der Waals surface area (Å²) in [6, 6.07) is 1.85. The monoisotopic (exact) mass is 293 g/mol. The first-order valence-electron chi connectivity index (χ1n) is 6.10. The topological polar surface area (TPSA) is 68.0 Å². The van der Waals surface area contributed by atoms with Crippen LogP contribution in [0.2, 0.25) is 0 Å². The molecule has 1 amide bonds. The molecule has 0 saturated heterocycles. The van der Waals surface area contributed by atoms with Crippen LogP contribution >= 0.6 is 23.1 Å². The van der Waals surface area contributed by atoms with Gasteiger partial charge in [0.1, 0.15) is 4.88 Å². The number of thiophene rings is 1. The minimum absolute atomic E-state index is 0.0703. The van der Waals surface area contributed by atoms with Gasteiger partial charge < -0.3 is 11.1 Å². The number of hydrogen-bond donors (Lipinski definition) is 2. The molecule has 3 N–H and O–H groups in total. The van der Waals surface area contributed by atoms with Crippen molar-refractivity contribution in [2.75, 3.05) is 18.5 Å². The maximum atomic E-state index is 12.2. The summed E-state index contributed by atoms with van der Waals surface area (Å²) < 4.78 is 1.22. The molecule has 1 saturated carbocycles. The maximum absolute atomic E-state index is 12.2. The van der Waals surface area contributed by atoms with Crippen LogP contribution in [0.15, 0.2) is 18.5 Å². The molecule has 0 bridgehead atoms. The van der Waals surface area contributed by atoms with Crippen LogP contribution in [0.3, 0.4) is 0 Å². The van der Waals surface area contributed by atoms with Gasteiger partial charge in [0.2, 0.25) is 0 Å². The Morgan fingerprint density at radius 1 is 1.63 bits per heavy atom. The molecule has 0 atom stereocenters. The normalized spacial score (nSPS) is 16.5. The van der Waals surface area contributed by atoms with Gasteiger partial charge in [-0.05, 0) is 25.2 Å². The third kappa shape index (κ3) is 2.30. The first-order valence-corrected chi connectivity index (χ1v) is 8.15. The third-order valence-corrected chi connectivity index (χ3v) is 6.12. The number of amides is 1. The van der Waals surface area contributed by atoms with Gasteiger partial charge in [-0.3, -0.25) is 9.78 Å². The molecule has 2 heterocycles. The van der Waals surface area contributed by atoms with E-state index in [0.29, 0.717) is 10.6 Å². The zero-order valence-corrected chi connectivity index (χ0v) is 12.2. The van der Waals surface area contributed by atoms with E-state index in [1.165, 1.54) is 24.2 Å². The second kappa shape index (κ2) is 4.68. The van der Waals surface area contributed by atoms with Crippen molar-refractivity contribution in [3.8, 4) is 0 Å². The number of fused-ring (bicyclic) bond motifs is 1. The molecule has 0 aromatic carbocycles. The van der Waals surface area contributed by atoms with E-state index in [2.05, 4.69) is 16.6 Å². The molecule has 3 rings (SSSR count). The second-order valence-electron chi connectivity index (χ2n) is 4.79. The molecule has 19 heavy (non-hydrogen) atoms. The smallest absolute Gasteiger partial charge is 0.263 e. The van der Waals surface area contributed by atoms with Crippen LogP contribution in [-0.4, -0.2) is 28.4 Å². The lowest BCUT2D eigenvalue weighted by Crippen LogP contribution is -2.31. The van der Waals surface area contributed by atoms with Crippen molar-refractivity contribution in [3.05, 3.63) is 23.3 Å². The Bertz CT molecular complexity index is 634. The summed E-state index contributed by atoms with van der Waals surface area (Å²) in [5.74, 6) is -0.0703. The Hall–Kier alpha value is -1.27. The largest absolute Gasteiger partial charge is 0.397 e. The van der Waals surface area contributed by atoms with Gasteiger partial charge in [-0.1, -0.05) is 0 Å². The van der Waals surface area contributed by atoms with Crippen molar-refractivity contribution in [2.45, 2.75) is 17.6 Å². The van der Waals surface area contributed by atoms with Gasteiger partial charge in [0, 0.05) is 29.1 Å². The highest BCUT2D eigenvalue weighted by Crippen LogP contribution is 2.46. The minimum atomic E-state index is -0.0703. The van der Waals surface area contributed by atoms with Crippen molar-refractivity contribution in [1.29, 1.82) is 0 Å². The lowest BCUT2D eigenvalue weighted by Gasteiger charge is -2.12. The number of aromatic nitrogens is 1. The zero-order chi connectivity index (χ0) is 13.5. The molecule has 2 aromatic rings. The summed E-state index contributed by atoms with van der Waals surface area (Å²) in [5.41, 5.74) is 6.61. The fourth-order valence-electron chi connectivity index (χ4n) is 2.05. The molecular weight excluding hydrogens is 278 g/mol. The molecule has 1 aliphatic rings. The molecule has 1 aliphatic carbocycles. The molecule has 0 radical (unpaired) electrons. The minimum Gasteiger partial charge on any atom is -0.397 e. The van der Waals surface area contributed by atoms with E-state index in [1.807, 2.05) is 17.8 Å². The van der Waals surface area contributed by atoms with E-state index in [4.69, 9.17) is 5.73 Å². The molecule has 1 fully saturated rings. The van der Waals surface area contributed by atoms with Gasteiger partial charge in [-0.25, -0.2) is 0 Å². The Labute approximate surface area is 119 Å². The number of thioether (sulfide) groups is 1. The summed E-state index contributed by atoms with van der Waals surface area (Å²) in [7, 11) is 0. The Balaban J connectivity index is 1.80. The predicted molar refractivity (Wildman–Crippen MR) is 81.8 cm³/mol. The quantitative estimate of drug-likeness (QED) is 0.909. The summed E-state index contributed by atoms with van der Waals surface area (Å²) >= 11 is 3.24. The first-order chi connectivity index (χ1) is 9.15. The predicted octanol–water partition coefficient (Wildman–Crippen LogP) is 2.50. The number of carbonyl (C=O) groups excluding carboxylic acids is 1. The van der Waals surface area contributed by atoms with Crippen molar-refractivity contribution in [3.63, 3.8) is 0 Å². The number of nitrogens with one attached hydrogen (secondary N) is 1. The summed E-state index contributed by atoms with van der Waals surface area (Å²) in [6.07, 6.45) is 7.90. The molecule has 6 heteroatoms. The van der Waals surface area contributed by atoms with Crippen LogP contribution in [0.25, 0.3) is 10.1 Å². The van der Waals surface area contributed by atoms with Crippen LogP contribution in [-0.2, 0) is 0 Å². The zero-order valence-electron chi connectivity index (χ0n) is 10.6. The molecular formula is C13H15N3OS2. The van der Waals surface area contributed by atoms with Crippen LogP contribution in [0.4, 0.5) is 5.69 Å². The first kappa shape index (κ1) is 12.7. The van der Waals surface area contributed by atoms with E-state index >= 15 is 0 Å². The Morgan fingerprint density at radius 3 is 3.05 bits per heavy atom. The average molecular weight is 293 g/mol. The number of rotatable bonds is 4. The highest BCUT2D eigenvalue weighted by molar-refractivity contribution is 8.00. The number of nitrogen functional groups attached to an aromatic ring is 1.